The Balaban J connectivity index is 0.00000264. The molecule has 1 aliphatic rings. The van der Waals surface area contributed by atoms with E-state index in [1.807, 2.05) is 0 Å². The first-order chi connectivity index (χ1) is 10.4. The lowest BCUT2D eigenvalue weighted by molar-refractivity contribution is -0.122. The van der Waals surface area contributed by atoms with Gasteiger partial charge in [0.1, 0.15) is 5.75 Å². The molecule has 1 aromatic rings. The molecule has 8 heteroatoms. The fraction of sp³-hybridized carbons (Fsp3) is 0.467. The third-order valence-corrected chi connectivity index (χ3v) is 4.30. The highest BCUT2D eigenvalue weighted by Crippen LogP contribution is 2.30. The summed E-state index contributed by atoms with van der Waals surface area (Å²) in [4.78, 5) is 23.7. The van der Waals surface area contributed by atoms with Crippen molar-refractivity contribution < 1.29 is 14.3 Å². The van der Waals surface area contributed by atoms with Crippen LogP contribution in [0.25, 0.3) is 0 Å². The van der Waals surface area contributed by atoms with Gasteiger partial charge in [-0.15, -0.1) is 12.4 Å². The molecule has 0 aliphatic heterocycles. The summed E-state index contributed by atoms with van der Waals surface area (Å²) in [7, 11) is 1.46. The minimum Gasteiger partial charge on any atom is -0.496 e. The van der Waals surface area contributed by atoms with Crippen molar-refractivity contribution >= 4 is 41.5 Å². The number of primary amides is 1. The van der Waals surface area contributed by atoms with E-state index in [2.05, 4.69) is 5.32 Å². The largest absolute Gasteiger partial charge is 0.496 e. The summed E-state index contributed by atoms with van der Waals surface area (Å²) < 4.78 is 5.18. The molecule has 2 unspecified atom stereocenters. The zero-order valence-corrected chi connectivity index (χ0v) is 14.4. The van der Waals surface area contributed by atoms with Crippen molar-refractivity contribution in [3.05, 3.63) is 22.7 Å². The van der Waals surface area contributed by atoms with Crippen LogP contribution in [-0.4, -0.2) is 25.0 Å². The molecule has 0 saturated heterocycles. The van der Waals surface area contributed by atoms with E-state index in [4.69, 9.17) is 27.8 Å². The van der Waals surface area contributed by atoms with Gasteiger partial charge in [-0.2, -0.15) is 0 Å². The average molecular weight is 362 g/mol. The van der Waals surface area contributed by atoms with E-state index in [1.54, 1.807) is 0 Å². The Morgan fingerprint density at radius 3 is 2.65 bits per heavy atom. The zero-order chi connectivity index (χ0) is 16.3. The number of rotatable bonds is 4. The second-order valence-corrected chi connectivity index (χ2v) is 5.92. The Bertz CT molecular complexity index is 596. The topological polar surface area (TPSA) is 107 Å². The number of ether oxygens (including phenoxy) is 1. The molecule has 0 spiro atoms. The fourth-order valence-electron chi connectivity index (χ4n) is 2.76. The third kappa shape index (κ3) is 4.65. The van der Waals surface area contributed by atoms with Gasteiger partial charge in [0.15, 0.2) is 0 Å². The van der Waals surface area contributed by atoms with Gasteiger partial charge in [0.05, 0.1) is 23.4 Å². The molecule has 5 N–H and O–H groups in total. The van der Waals surface area contributed by atoms with Gasteiger partial charge in [0, 0.05) is 18.0 Å². The number of amides is 2. The van der Waals surface area contributed by atoms with E-state index >= 15 is 0 Å². The minimum absolute atomic E-state index is 0. The first-order valence-electron chi connectivity index (χ1n) is 7.15. The van der Waals surface area contributed by atoms with Crippen LogP contribution in [0.1, 0.15) is 36.0 Å². The van der Waals surface area contributed by atoms with E-state index in [0.29, 0.717) is 28.4 Å². The lowest BCUT2D eigenvalue weighted by Gasteiger charge is -2.28. The molecule has 0 aromatic heterocycles. The molecule has 0 heterocycles. The van der Waals surface area contributed by atoms with Crippen LogP contribution in [0.15, 0.2) is 12.1 Å². The normalized spacial score (nSPS) is 20.3. The second kappa shape index (κ2) is 8.26. The number of carbonyl (C=O) groups is 2. The summed E-state index contributed by atoms with van der Waals surface area (Å²) in [5, 5.41) is 3.21. The summed E-state index contributed by atoms with van der Waals surface area (Å²) in [5.74, 6) is -0.432. The number of hydrogen-bond donors (Lipinski definition) is 3. The van der Waals surface area contributed by atoms with Gasteiger partial charge in [-0.05, 0) is 25.3 Å². The van der Waals surface area contributed by atoms with E-state index in [1.165, 1.54) is 19.2 Å². The van der Waals surface area contributed by atoms with Crippen molar-refractivity contribution in [2.45, 2.75) is 31.7 Å². The van der Waals surface area contributed by atoms with Crippen molar-refractivity contribution in [1.29, 1.82) is 0 Å². The van der Waals surface area contributed by atoms with Crippen molar-refractivity contribution in [2.24, 2.45) is 11.7 Å². The fourth-order valence-corrected chi connectivity index (χ4v) is 2.92. The van der Waals surface area contributed by atoms with E-state index in [9.17, 15) is 9.59 Å². The van der Waals surface area contributed by atoms with Gasteiger partial charge in [-0.1, -0.05) is 18.0 Å². The van der Waals surface area contributed by atoms with Crippen molar-refractivity contribution in [3.8, 4) is 5.75 Å². The molecular weight excluding hydrogens is 341 g/mol. The number of benzene rings is 1. The number of carbonyl (C=O) groups excluding carboxylic acids is 2. The summed E-state index contributed by atoms with van der Waals surface area (Å²) in [6.45, 7) is 0. The van der Waals surface area contributed by atoms with Gasteiger partial charge < -0.3 is 21.5 Å². The summed E-state index contributed by atoms with van der Waals surface area (Å²) in [6.07, 6.45) is 3.02. The number of nitrogens with two attached hydrogens (primary N) is 2. The van der Waals surface area contributed by atoms with Crippen LogP contribution >= 0.6 is 24.0 Å². The maximum atomic E-state index is 12.4. The van der Waals surface area contributed by atoms with E-state index < -0.39 is 0 Å². The molecule has 1 aromatic carbocycles. The zero-order valence-electron chi connectivity index (χ0n) is 12.8. The number of hydrogen-bond acceptors (Lipinski definition) is 4. The Morgan fingerprint density at radius 1 is 1.35 bits per heavy atom. The number of anilines is 1. The first-order valence-corrected chi connectivity index (χ1v) is 7.53. The molecule has 23 heavy (non-hydrogen) atoms. The molecule has 128 valence electrons. The molecule has 0 radical (unpaired) electrons. The molecule has 1 aliphatic carbocycles. The molecule has 1 fully saturated rings. The van der Waals surface area contributed by atoms with Crippen molar-refractivity contribution in [2.75, 3.05) is 12.8 Å². The Kier molecular flexibility index (Phi) is 6.97. The SMILES string of the molecule is COc1cc(N)c(Cl)cc1C(=O)NC1CCCC(C(N)=O)C1.Cl. The highest BCUT2D eigenvalue weighted by molar-refractivity contribution is 6.33. The molecule has 2 atom stereocenters. The lowest BCUT2D eigenvalue weighted by Crippen LogP contribution is -2.41. The molecule has 6 nitrogen and oxygen atoms in total. The second-order valence-electron chi connectivity index (χ2n) is 5.51. The van der Waals surface area contributed by atoms with Crippen LogP contribution in [0, 0.1) is 5.92 Å². The van der Waals surface area contributed by atoms with Crippen LogP contribution in [-0.2, 0) is 4.79 Å². The van der Waals surface area contributed by atoms with Gasteiger partial charge >= 0.3 is 0 Å². The summed E-state index contributed by atoms with van der Waals surface area (Å²) >= 11 is 5.97. The van der Waals surface area contributed by atoms with Crippen molar-refractivity contribution in [3.63, 3.8) is 0 Å². The highest BCUT2D eigenvalue weighted by atomic mass is 35.5. The Morgan fingerprint density at radius 2 is 2.04 bits per heavy atom. The van der Waals surface area contributed by atoms with Crippen LogP contribution in [0.3, 0.4) is 0 Å². The Labute approximate surface area is 146 Å². The smallest absolute Gasteiger partial charge is 0.255 e. The standard InChI is InChI=1S/C15H20ClN3O3.ClH/c1-22-13-7-12(17)11(16)6-10(13)15(21)19-9-4-2-3-8(5-9)14(18)20;/h6-9H,2-5,17H2,1H3,(H2,18,20)(H,19,21);1H. The summed E-state index contributed by atoms with van der Waals surface area (Å²) in [6, 6.07) is 2.92. The quantitative estimate of drug-likeness (QED) is 0.713. The predicted octanol–water partition coefficient (Wildman–Crippen LogP) is 2.13. The number of methoxy groups -OCH3 is 1. The maximum absolute atomic E-state index is 12.4. The maximum Gasteiger partial charge on any atom is 0.255 e. The van der Waals surface area contributed by atoms with E-state index in [0.717, 1.165) is 19.3 Å². The van der Waals surface area contributed by atoms with Crippen LogP contribution < -0.4 is 21.5 Å². The number of nitrogen functional groups attached to an aromatic ring is 1. The van der Waals surface area contributed by atoms with Crippen LogP contribution in [0.2, 0.25) is 5.02 Å². The van der Waals surface area contributed by atoms with Gasteiger partial charge in [0.25, 0.3) is 5.91 Å². The molecule has 2 rings (SSSR count). The highest BCUT2D eigenvalue weighted by Gasteiger charge is 2.27. The van der Waals surface area contributed by atoms with Crippen LogP contribution in [0.5, 0.6) is 5.75 Å². The average Bonchev–Trinajstić information content (AvgIpc) is 2.49. The van der Waals surface area contributed by atoms with Gasteiger partial charge in [-0.25, -0.2) is 0 Å². The van der Waals surface area contributed by atoms with Gasteiger partial charge in [-0.3, -0.25) is 9.59 Å². The Hall–Kier alpha value is -1.66. The molecule has 1 saturated carbocycles. The summed E-state index contributed by atoms with van der Waals surface area (Å²) in [5.41, 5.74) is 11.7. The molecule has 2 amide bonds. The minimum atomic E-state index is -0.313. The third-order valence-electron chi connectivity index (χ3n) is 3.98. The molecular formula is C15H21Cl2N3O3. The lowest BCUT2D eigenvalue weighted by atomic mass is 9.85. The predicted molar refractivity (Wildman–Crippen MR) is 92.1 cm³/mol. The monoisotopic (exact) mass is 361 g/mol. The first kappa shape index (κ1) is 19.4. The molecule has 0 bridgehead atoms. The van der Waals surface area contributed by atoms with Gasteiger partial charge in [0.2, 0.25) is 5.91 Å². The number of nitrogens with one attached hydrogen (secondary N) is 1. The van der Waals surface area contributed by atoms with E-state index in [-0.39, 0.29) is 36.2 Å². The number of halogens is 2. The van der Waals surface area contributed by atoms with Crippen molar-refractivity contribution in [1.82, 2.24) is 5.32 Å². The van der Waals surface area contributed by atoms with Crippen LogP contribution in [0.4, 0.5) is 5.69 Å².